The first-order valence-corrected chi connectivity index (χ1v) is 25.8. The average molecular weight is 1080 g/mol. The van der Waals surface area contributed by atoms with Crippen LogP contribution in [-0.2, 0) is 52.7 Å². The largest absolute Gasteiger partial charge is 0.370 e. The normalized spacial score (nSPS) is 17.7. The maximum atomic E-state index is 13.8. The molecule has 9 atom stereocenters. The van der Waals surface area contributed by atoms with Gasteiger partial charge in [0.15, 0.2) is 11.9 Å². The molecule has 2 fully saturated rings. The lowest BCUT2D eigenvalue weighted by Gasteiger charge is -2.30. The number of nitrogens with zero attached hydrogens (tertiary/aromatic N) is 4. The van der Waals surface area contributed by atoms with Crippen molar-refractivity contribution < 1.29 is 52.7 Å². The van der Waals surface area contributed by atoms with Gasteiger partial charge < -0.3 is 86.7 Å². The third-order valence-electron chi connectivity index (χ3n) is 12.5. The lowest BCUT2D eigenvalue weighted by atomic mass is 10.0. The number of nitrogens with two attached hydrogens (primary N) is 6. The number of carbonyl (C=O) groups is 11. The van der Waals surface area contributed by atoms with Crippen molar-refractivity contribution in [2.45, 2.75) is 173 Å². The molecule has 0 aromatic heterocycles. The molecule has 0 aromatic carbocycles. The van der Waals surface area contributed by atoms with E-state index in [0.29, 0.717) is 51.5 Å². The van der Waals surface area contributed by atoms with Crippen molar-refractivity contribution in [3.63, 3.8) is 0 Å². The zero-order valence-corrected chi connectivity index (χ0v) is 44.7. The molecule has 0 spiro atoms. The van der Waals surface area contributed by atoms with Gasteiger partial charge in [0.25, 0.3) is 0 Å². The van der Waals surface area contributed by atoms with Crippen LogP contribution in [0.1, 0.15) is 119 Å². The van der Waals surface area contributed by atoms with Crippen molar-refractivity contribution in [3.8, 4) is 0 Å². The van der Waals surface area contributed by atoms with Crippen LogP contribution >= 0.6 is 0 Å². The summed E-state index contributed by atoms with van der Waals surface area (Å²) < 4.78 is 0. The maximum Gasteiger partial charge on any atom is 0.245 e. The lowest BCUT2D eigenvalue weighted by molar-refractivity contribution is -0.142. The van der Waals surface area contributed by atoms with Gasteiger partial charge in [-0.1, -0.05) is 13.8 Å². The highest BCUT2D eigenvalue weighted by molar-refractivity contribution is 5.98. The van der Waals surface area contributed by atoms with Crippen LogP contribution in [0.15, 0.2) is 9.98 Å². The maximum absolute atomic E-state index is 13.8. The number of unbranched alkanes of at least 4 members (excludes halogenated alkanes) is 1. The number of rotatable bonds is 32. The van der Waals surface area contributed by atoms with Crippen molar-refractivity contribution in [2.75, 3.05) is 39.3 Å². The fourth-order valence-electron chi connectivity index (χ4n) is 8.51. The highest BCUT2D eigenvalue weighted by atomic mass is 16.2. The van der Waals surface area contributed by atoms with Gasteiger partial charge in [-0.3, -0.25) is 62.7 Å². The van der Waals surface area contributed by atoms with Crippen LogP contribution < -0.4 is 76.9 Å². The molecule has 20 N–H and O–H groups in total. The van der Waals surface area contributed by atoms with E-state index in [4.69, 9.17) is 34.4 Å². The summed E-state index contributed by atoms with van der Waals surface area (Å²) in [5, 5.41) is 20.6. The summed E-state index contributed by atoms with van der Waals surface area (Å²) in [5.41, 5.74) is 32.9. The molecule has 0 bridgehead atoms. The molecule has 29 heteroatoms. The standard InChI is InChI=1S/C47H84N18O11/c1-25(2)23-33(37(49)68)63-43(74)34-16-11-21-64(34)36(67)24-56-41(72)30(13-7-8-18-48)61-40(71)28(5)58-38(69)26(3)57-39(70)27(4)59-42(73)31(14-9-19-54-46(50)51)62-44(75)35-17-12-22-65(35)45(76)32(60-29(6)66)15-10-20-55-47(52)53/h25-28,30-35H,7-24,48H2,1-6H3,(H2,49,68)(H,56,72)(H,57,70)(H,58,69)(H,59,73)(H,60,66)(H,61,71)(H,62,75)(H,63,74)(H4,50,51,54)(H4,52,53,55)/t26-,27-,28-,30-,31-,32-,33-,34-,35-/m0/s1. The number of carbonyl (C=O) groups excluding carboxylic acids is 11. The van der Waals surface area contributed by atoms with Gasteiger partial charge in [-0.2, -0.15) is 0 Å². The zero-order chi connectivity index (χ0) is 57.2. The number of aliphatic imine (C=N–C) groups is 2. The predicted octanol–water partition coefficient (Wildman–Crippen LogP) is -5.67. The van der Waals surface area contributed by atoms with E-state index >= 15 is 0 Å². The smallest absolute Gasteiger partial charge is 0.245 e. The SMILES string of the molecule is CC(=O)N[C@@H](CCCN=C(N)N)C(=O)N1CCC[C@H]1C(=O)N[C@@H](CCCN=C(N)N)C(=O)N[C@@H](C)C(=O)N[C@@H](C)C(=O)N[C@@H](C)C(=O)N[C@@H](CCCCN)C(=O)NCC(=O)N1CCC[C@H]1C(=O)N[C@@H](CC(C)C)C(N)=O. The molecule has 2 aliphatic rings. The molecule has 2 aliphatic heterocycles. The minimum absolute atomic E-state index is 0.00803. The molecule has 29 nitrogen and oxygen atoms in total. The van der Waals surface area contributed by atoms with Gasteiger partial charge in [-0.05, 0) is 110 Å². The first kappa shape index (κ1) is 64.8. The molecule has 428 valence electrons. The number of amides is 11. The zero-order valence-electron chi connectivity index (χ0n) is 44.7. The van der Waals surface area contributed by atoms with Crippen LogP contribution in [-0.4, -0.2) is 180 Å². The second-order valence-electron chi connectivity index (χ2n) is 19.5. The Kier molecular flexibility index (Phi) is 28.0. The number of likely N-dealkylation sites (tertiary alicyclic amines) is 2. The average Bonchev–Trinajstić information content (AvgIpc) is 4.05. The van der Waals surface area contributed by atoms with Crippen molar-refractivity contribution in [3.05, 3.63) is 0 Å². The molecule has 0 unspecified atom stereocenters. The Bertz CT molecular complexity index is 2100. The molecule has 0 radical (unpaired) electrons. The summed E-state index contributed by atoms with van der Waals surface area (Å²) in [6.07, 6.45) is 3.71. The van der Waals surface area contributed by atoms with E-state index in [0.717, 1.165) is 0 Å². The Labute approximate surface area is 443 Å². The quantitative estimate of drug-likeness (QED) is 0.0170. The third kappa shape index (κ3) is 22.6. The fourth-order valence-corrected chi connectivity index (χ4v) is 8.51. The Morgan fingerprint density at radius 2 is 0.974 bits per heavy atom. The van der Waals surface area contributed by atoms with Gasteiger partial charge in [0.2, 0.25) is 65.0 Å². The van der Waals surface area contributed by atoms with E-state index in [9.17, 15) is 52.7 Å². The van der Waals surface area contributed by atoms with E-state index < -0.39 is 126 Å². The molecule has 2 saturated heterocycles. The summed E-state index contributed by atoms with van der Waals surface area (Å²) in [4.78, 5) is 156. The van der Waals surface area contributed by atoms with Crippen molar-refractivity contribution in [1.29, 1.82) is 0 Å². The topological polar surface area (TPSA) is 471 Å². The van der Waals surface area contributed by atoms with E-state index in [2.05, 4.69) is 52.5 Å². The molecular formula is C47H84N18O11. The minimum Gasteiger partial charge on any atom is -0.370 e. The van der Waals surface area contributed by atoms with Crippen molar-refractivity contribution >= 4 is 76.9 Å². The van der Waals surface area contributed by atoms with Gasteiger partial charge in [0.05, 0.1) is 6.54 Å². The molecule has 0 saturated carbocycles. The van der Waals surface area contributed by atoms with Crippen LogP contribution in [0.2, 0.25) is 0 Å². The number of hydrogen-bond acceptors (Lipinski definition) is 14. The van der Waals surface area contributed by atoms with Crippen LogP contribution in [0.3, 0.4) is 0 Å². The van der Waals surface area contributed by atoms with E-state index in [1.54, 1.807) is 0 Å². The summed E-state index contributed by atoms with van der Waals surface area (Å²) in [7, 11) is 0. The van der Waals surface area contributed by atoms with E-state index in [1.165, 1.54) is 37.5 Å². The molecule has 76 heavy (non-hydrogen) atoms. The van der Waals surface area contributed by atoms with Gasteiger partial charge in [-0.25, -0.2) is 0 Å². The fraction of sp³-hybridized carbons (Fsp3) is 0.723. The first-order chi connectivity index (χ1) is 35.8. The van der Waals surface area contributed by atoms with Crippen LogP contribution in [0, 0.1) is 5.92 Å². The van der Waals surface area contributed by atoms with Crippen molar-refractivity contribution in [2.24, 2.45) is 50.3 Å². The third-order valence-corrected chi connectivity index (χ3v) is 12.5. The summed E-state index contributed by atoms with van der Waals surface area (Å²) in [6.45, 7) is 9.60. The van der Waals surface area contributed by atoms with E-state index in [-0.39, 0.29) is 76.1 Å². The Morgan fingerprint density at radius 1 is 0.526 bits per heavy atom. The van der Waals surface area contributed by atoms with Gasteiger partial charge >= 0.3 is 0 Å². The number of primary amides is 1. The molecule has 0 aromatic rings. The molecule has 2 rings (SSSR count). The van der Waals surface area contributed by atoms with E-state index in [1.807, 2.05) is 13.8 Å². The summed E-state index contributed by atoms with van der Waals surface area (Å²) >= 11 is 0. The summed E-state index contributed by atoms with van der Waals surface area (Å²) in [5.74, 6) is -7.50. The van der Waals surface area contributed by atoms with Crippen molar-refractivity contribution in [1.82, 2.24) is 52.3 Å². The highest BCUT2D eigenvalue weighted by Crippen LogP contribution is 2.21. The number of guanidine groups is 2. The Morgan fingerprint density at radius 3 is 1.46 bits per heavy atom. The number of hydrogen-bond donors (Lipinski definition) is 14. The molecular weight excluding hydrogens is 993 g/mol. The highest BCUT2D eigenvalue weighted by Gasteiger charge is 2.40. The second kappa shape index (κ2) is 32.9. The minimum atomic E-state index is -1.26. The second-order valence-corrected chi connectivity index (χ2v) is 19.5. The number of nitrogens with one attached hydrogen (secondary N) is 8. The van der Waals surface area contributed by atoms with Gasteiger partial charge in [0, 0.05) is 33.1 Å². The lowest BCUT2D eigenvalue weighted by Crippen LogP contribution is -2.59. The predicted molar refractivity (Wildman–Crippen MR) is 280 cm³/mol. The van der Waals surface area contributed by atoms with Gasteiger partial charge in [-0.15, -0.1) is 0 Å². The Balaban J connectivity index is 2.06. The van der Waals surface area contributed by atoms with Crippen LogP contribution in [0.5, 0.6) is 0 Å². The first-order valence-electron chi connectivity index (χ1n) is 25.8. The monoisotopic (exact) mass is 1080 g/mol. The van der Waals surface area contributed by atoms with Crippen LogP contribution in [0.4, 0.5) is 0 Å². The van der Waals surface area contributed by atoms with Gasteiger partial charge in [0.1, 0.15) is 54.4 Å². The molecule has 2 heterocycles. The Hall–Kier alpha value is -7.33. The molecule has 0 aliphatic carbocycles. The van der Waals surface area contributed by atoms with Crippen LogP contribution in [0.25, 0.3) is 0 Å². The molecule has 11 amide bonds. The summed E-state index contributed by atoms with van der Waals surface area (Å²) in [6, 6.07) is -9.91.